The van der Waals surface area contributed by atoms with Gasteiger partial charge in [-0.05, 0) is 87.5 Å². The molecule has 0 saturated carbocycles. The van der Waals surface area contributed by atoms with E-state index < -0.39 is 6.85 Å². The maximum atomic E-state index is 10.1. The molecule has 0 aliphatic heterocycles. The molecule has 8 heteroatoms. The van der Waals surface area contributed by atoms with Crippen molar-refractivity contribution in [2.24, 2.45) is 0 Å². The van der Waals surface area contributed by atoms with E-state index in [0.717, 1.165) is 77.3 Å². The quantitative estimate of drug-likeness (QED) is 0.148. The first kappa shape index (κ1) is 47.0. The Bertz CT molecular complexity index is 4500. The summed E-state index contributed by atoms with van der Waals surface area (Å²) >= 11 is 0. The van der Waals surface area contributed by atoms with Gasteiger partial charge >= 0.3 is 0 Å². The standard InChI is InChI=1S/C54H38N3O2.C15H17N2.Ir/c1-31(2)40-24-37(33-13-7-5-8-14-33)25-41(32(3)4)52(40)57-53-39-18-12-11-17-35(39)19-21-47(53)56-54(57)36-20-22-48-43(23-36)45-28-46-44-27-42(34-15-9-6-10-16-34)38(30-55)26-49(44)59-51(46)29-50(45)58-48;1-11-5-7-12(8-6-11)14-16-10-9-13(17-14)15(2,3)4;/h5-19,21-29,31-32H,1-4H3;5-7,9-10H,1-4H3;/q2*-1;/i;1D3;. The summed E-state index contributed by atoms with van der Waals surface area (Å²) in [4.78, 5) is 14.2. The Morgan fingerprint density at radius 2 is 1.23 bits per heavy atom. The molecule has 13 aromatic rings. The molecule has 9 aromatic carbocycles. The molecular weight excluding hydrogens is 1120 g/mol. The van der Waals surface area contributed by atoms with Gasteiger partial charge < -0.3 is 13.4 Å². The zero-order chi connectivity index (χ0) is 54.9. The van der Waals surface area contributed by atoms with Crippen molar-refractivity contribution < 1.29 is 33.1 Å². The maximum absolute atomic E-state index is 10.1. The summed E-state index contributed by atoms with van der Waals surface area (Å²) < 4.78 is 37.3. The molecule has 0 amide bonds. The molecule has 0 saturated heterocycles. The number of imidazole rings is 1. The topological polar surface area (TPSA) is 93.7 Å². The number of benzene rings is 9. The van der Waals surface area contributed by atoms with Gasteiger partial charge in [-0.2, -0.15) is 5.26 Å². The van der Waals surface area contributed by atoms with Gasteiger partial charge in [0.2, 0.25) is 0 Å². The van der Waals surface area contributed by atoms with E-state index >= 15 is 0 Å². The first-order chi connectivity index (χ1) is 38.0. The fourth-order valence-electron chi connectivity index (χ4n) is 10.4. The Kier molecular flexibility index (Phi) is 12.4. The van der Waals surface area contributed by atoms with Gasteiger partial charge in [-0.25, -0.2) is 0 Å². The number of rotatable bonds is 7. The van der Waals surface area contributed by atoms with E-state index in [9.17, 15) is 5.26 Å². The van der Waals surface area contributed by atoms with Crippen LogP contribution in [0.5, 0.6) is 0 Å². The van der Waals surface area contributed by atoms with Crippen LogP contribution in [0.3, 0.4) is 0 Å². The number of furan rings is 2. The minimum atomic E-state index is -2.11. The van der Waals surface area contributed by atoms with Crippen LogP contribution in [-0.4, -0.2) is 19.5 Å². The van der Waals surface area contributed by atoms with Crippen LogP contribution in [0, 0.1) is 30.3 Å². The maximum Gasteiger partial charge on any atom is 0.139 e. The summed E-state index contributed by atoms with van der Waals surface area (Å²) in [5.74, 6) is 1.86. The minimum absolute atomic E-state index is 0. The van der Waals surface area contributed by atoms with Gasteiger partial charge in [-0.1, -0.05) is 152 Å². The number of nitriles is 1. The molecule has 0 unspecified atom stereocenters. The van der Waals surface area contributed by atoms with Crippen molar-refractivity contribution in [3.8, 4) is 56.8 Å². The smallest absolute Gasteiger partial charge is 0.139 e. The molecule has 0 bridgehead atoms. The van der Waals surface area contributed by atoms with Gasteiger partial charge in [-0.15, -0.1) is 59.2 Å². The number of aromatic nitrogens is 4. The number of hydrogen-bond donors (Lipinski definition) is 0. The molecule has 379 valence electrons. The summed E-state index contributed by atoms with van der Waals surface area (Å²) in [7, 11) is 0. The fraction of sp³-hybridized carbons (Fsp3) is 0.159. The van der Waals surface area contributed by atoms with Gasteiger partial charge in [0.15, 0.2) is 0 Å². The second-order valence-corrected chi connectivity index (χ2v) is 21.2. The van der Waals surface area contributed by atoms with Gasteiger partial charge in [0, 0.05) is 80.4 Å². The van der Waals surface area contributed by atoms with E-state index in [2.05, 4.69) is 178 Å². The van der Waals surface area contributed by atoms with E-state index in [4.69, 9.17) is 17.9 Å². The second-order valence-electron chi connectivity index (χ2n) is 21.2. The Morgan fingerprint density at radius 3 is 1.90 bits per heavy atom. The summed E-state index contributed by atoms with van der Waals surface area (Å²) in [6.07, 6.45) is 1.72. The van der Waals surface area contributed by atoms with Crippen LogP contribution in [0.2, 0.25) is 0 Å². The van der Waals surface area contributed by atoms with E-state index in [1.807, 2.05) is 54.6 Å². The van der Waals surface area contributed by atoms with E-state index in [1.165, 1.54) is 39.4 Å². The fourth-order valence-corrected chi connectivity index (χ4v) is 10.4. The Balaban J connectivity index is 0.000000273. The molecule has 4 aromatic heterocycles. The molecular formula is C69H55IrN5O2-2. The Labute approximate surface area is 466 Å². The Morgan fingerprint density at radius 1 is 0.597 bits per heavy atom. The first-order valence-electron chi connectivity index (χ1n) is 27.3. The molecule has 7 nitrogen and oxygen atoms in total. The van der Waals surface area contributed by atoms with Crippen molar-refractivity contribution in [1.82, 2.24) is 19.5 Å². The van der Waals surface area contributed by atoms with Crippen LogP contribution >= 0.6 is 0 Å². The molecule has 1 radical (unpaired) electrons. The minimum Gasteiger partial charge on any atom is -0.500 e. The van der Waals surface area contributed by atoms with Crippen LogP contribution in [-0.2, 0) is 25.5 Å². The van der Waals surface area contributed by atoms with Crippen LogP contribution in [0.1, 0.15) is 92.4 Å². The summed E-state index contributed by atoms with van der Waals surface area (Å²) in [6, 6.07) is 66.2. The number of aryl methyl sites for hydroxylation is 1. The molecule has 0 fully saturated rings. The molecule has 0 spiro atoms. The zero-order valence-corrected chi connectivity index (χ0v) is 46.2. The van der Waals surface area contributed by atoms with Crippen LogP contribution in [0.25, 0.3) is 116 Å². The average Bonchev–Trinajstić information content (AvgIpc) is 4.28. The molecule has 0 atom stereocenters. The number of hydrogen-bond acceptors (Lipinski definition) is 6. The predicted octanol–water partition coefficient (Wildman–Crippen LogP) is 18.4. The summed E-state index contributed by atoms with van der Waals surface area (Å²) in [5, 5.41) is 16.3. The van der Waals surface area contributed by atoms with Crippen molar-refractivity contribution in [2.45, 2.75) is 72.6 Å². The molecule has 0 aliphatic carbocycles. The summed E-state index contributed by atoms with van der Waals surface area (Å²) in [5.41, 5.74) is 16.1. The van der Waals surface area contributed by atoms with E-state index in [0.29, 0.717) is 28.1 Å². The second kappa shape index (κ2) is 20.2. The average molecular weight is 1180 g/mol. The van der Waals surface area contributed by atoms with E-state index in [-0.39, 0.29) is 42.9 Å². The van der Waals surface area contributed by atoms with Gasteiger partial charge in [0.1, 0.15) is 16.7 Å². The molecule has 0 aliphatic rings. The third-order valence-electron chi connectivity index (χ3n) is 14.3. The van der Waals surface area contributed by atoms with Gasteiger partial charge in [0.25, 0.3) is 0 Å². The first-order valence-corrected chi connectivity index (χ1v) is 25.8. The van der Waals surface area contributed by atoms with E-state index in [1.54, 1.807) is 18.3 Å². The largest absolute Gasteiger partial charge is 0.500 e. The monoisotopic (exact) mass is 1180 g/mol. The number of nitrogens with zero attached hydrogens (tertiary/aromatic N) is 5. The van der Waals surface area contributed by atoms with Crippen molar-refractivity contribution in [3.63, 3.8) is 0 Å². The third-order valence-corrected chi connectivity index (χ3v) is 14.3. The van der Waals surface area contributed by atoms with Crippen molar-refractivity contribution in [2.75, 3.05) is 0 Å². The molecule has 13 rings (SSSR count). The van der Waals surface area contributed by atoms with Crippen LogP contribution in [0.15, 0.2) is 185 Å². The zero-order valence-electron chi connectivity index (χ0n) is 46.8. The molecule has 77 heavy (non-hydrogen) atoms. The molecule has 0 N–H and O–H groups in total. The Hall–Kier alpha value is -8.47. The van der Waals surface area contributed by atoms with Crippen molar-refractivity contribution in [3.05, 3.63) is 216 Å². The van der Waals surface area contributed by atoms with Crippen molar-refractivity contribution >= 4 is 65.7 Å². The number of fused-ring (bicyclic) bond motifs is 9. The normalized spacial score (nSPS) is 12.5. The van der Waals surface area contributed by atoms with Crippen molar-refractivity contribution in [1.29, 1.82) is 5.26 Å². The van der Waals surface area contributed by atoms with Gasteiger partial charge in [-0.3, -0.25) is 15.0 Å². The molecule has 4 heterocycles. The van der Waals surface area contributed by atoms with Crippen LogP contribution < -0.4 is 0 Å². The van der Waals surface area contributed by atoms with Gasteiger partial charge in [0.05, 0.1) is 39.9 Å². The SMILES string of the molecule is CC(C)c1cc(-c2ccccc2)cc(C(C)C)c1-n1c(-c2[c-]cc3oc4cc5oc6cc(C#N)c(-c7ccccc7)cc6c5cc4c3c2)nc2ccc3ccccc3c21.[2H]C([2H])([2H])c1c[c-]c(-c2nccc(C(C)(C)C)n2)cc1.[Ir]. The summed E-state index contributed by atoms with van der Waals surface area (Å²) in [6.45, 7) is 13.3. The predicted molar refractivity (Wildman–Crippen MR) is 311 cm³/mol. The third kappa shape index (κ3) is 9.31. The van der Waals surface area contributed by atoms with Crippen LogP contribution in [0.4, 0.5) is 0 Å².